The number of hydrogen-bond donors (Lipinski definition) is 3. The van der Waals surface area contributed by atoms with Crippen LogP contribution >= 0.6 is 11.6 Å². The van der Waals surface area contributed by atoms with Crippen molar-refractivity contribution < 1.29 is 166 Å². The summed E-state index contributed by atoms with van der Waals surface area (Å²) in [6.45, 7) is 33.2. The maximum Gasteiger partial charge on any atom is 1.00 e. The van der Waals surface area contributed by atoms with E-state index in [2.05, 4.69) is 101 Å². The van der Waals surface area contributed by atoms with Gasteiger partial charge in [0.1, 0.15) is 42.0 Å². The van der Waals surface area contributed by atoms with Crippen molar-refractivity contribution in [2.45, 2.75) is 207 Å². The zero-order valence-electron chi connectivity index (χ0n) is 82.7. The number of quaternary nitrogens is 1. The fraction of sp³-hybridized carbons (Fsp3) is 0.706. The van der Waals surface area contributed by atoms with E-state index < -0.39 is 71.1 Å². The van der Waals surface area contributed by atoms with Crippen molar-refractivity contribution in [1.29, 1.82) is 0 Å². The number of aromatic nitrogens is 12. The number of carbonyl (C=O) groups excluding carboxylic acids is 6. The molecule has 758 valence electrons. The molecular formula is C85H142Cl2N21NaO26. The van der Waals surface area contributed by atoms with E-state index in [-0.39, 0.29) is 126 Å². The second-order valence-corrected chi connectivity index (χ2v) is 33.5. The number of morpholine rings is 4. The molecule has 9 aliphatic rings. The number of aliphatic carboxylic acids is 2. The smallest absolute Gasteiger partial charge is 1.00 e. The summed E-state index contributed by atoms with van der Waals surface area (Å²) in [4.78, 5) is 136. The molecule has 0 unspecified atom stereocenters. The molecule has 4 aromatic rings. The standard InChI is InChI=1S/C15H20N4O6.C12H23N.C10H17N4O3.2C10H15NO4.C9H14N4O3.C5H6ClN3O2.2C5H11NO.C4H8O2.ClH.H3N.Na/c1-15(2,3)25-14(21)19-8-6-7-9(19)10(20)24-13-17-11(22-4)16-12(18-13)23-5;1-3-7-11(8-4-1)13-12-9-5-2-6-10-12;1-14(4-6-17-7-5-14)8-11-9(15-2)13-10(12-8)16-3;2*1-10(2,3)15-9(14)11-6-4-5-7(11)8(12)13;1-14-8-10-7(11-9(12-8)15-2)13-3-5-16-6-4-13;1-10-4-7-3(6)8-5(9-4)11-2;2*1-6-2-4-7-5-3-6;1-3-6-4(2)5;;;/h6,8-9H,7H2,1-5H3;11-13H,1-10H2;4-7H2,1-3H3;2*4,6-7H,5H2,1-3H3,(H,12,13);3-6H2,1-2H3;1-2H3;2*2-5H2,1H3;3H2,1-2H3;1H;1H3;/q;;+1;;;;;;;;;;+1/p-2/t9-;;;2*7-;;;;;;;;/m0..00......../s1. The summed E-state index contributed by atoms with van der Waals surface area (Å²) in [5, 5.41) is 23.4. The van der Waals surface area contributed by atoms with Crippen molar-refractivity contribution in [3.05, 3.63) is 42.1 Å². The molecule has 6 fully saturated rings. The van der Waals surface area contributed by atoms with Crippen LogP contribution in [0, 0.1) is 0 Å². The second-order valence-electron chi connectivity index (χ2n) is 33.2. The van der Waals surface area contributed by atoms with Crippen LogP contribution in [0.3, 0.4) is 0 Å². The number of hydrogen-bond acceptors (Lipinski definition) is 42. The Bertz CT molecular complexity index is 4020. The number of anilines is 1. The SMILES string of the molecule is C1CCC(NC2CCCCC2)CC1.CC(C)(C)OC(=O)N1C=CC[C@H]1C(=O)O.CC(C)(C)OC(=O)N1C=CC[C@H]1C(=O)[O-].CCOC(C)=O.CN1CCOCC1.CN1CCOCC1.COc1nc(Cl)nc(OC)n1.COc1nc(OC)nc(N2CCOCC2)n1.COc1nc(OC)nc(OC(=O)[C@@H]2CC=CN2C(=O)OC(C)(C)C)n1.COc1nc(OC)nc([N+]2(C)CCOCC2)n1.N.[Cl-].[Na+]. The van der Waals surface area contributed by atoms with Crippen molar-refractivity contribution in [2.75, 3.05) is 195 Å². The first-order valence-corrected chi connectivity index (χ1v) is 43.9. The van der Waals surface area contributed by atoms with Crippen LogP contribution in [0.4, 0.5) is 26.3 Å². The Morgan fingerprint density at radius 1 is 0.467 bits per heavy atom. The summed E-state index contributed by atoms with van der Waals surface area (Å²) in [7, 11) is 17.9. The van der Waals surface area contributed by atoms with Gasteiger partial charge < -0.3 is 134 Å². The van der Waals surface area contributed by atoms with E-state index in [1.54, 1.807) is 87.5 Å². The molecule has 135 heavy (non-hydrogen) atoms. The molecule has 5 N–H and O–H groups in total. The summed E-state index contributed by atoms with van der Waals surface area (Å²) in [5.41, 5.74) is -1.93. The van der Waals surface area contributed by atoms with Crippen molar-refractivity contribution in [1.82, 2.24) is 100 Å². The molecule has 2 saturated carbocycles. The predicted octanol–water partition coefficient (Wildman–Crippen LogP) is 1.17. The number of nitrogens with one attached hydrogen (secondary N) is 1. The van der Waals surface area contributed by atoms with Crippen LogP contribution in [-0.2, 0) is 57.1 Å². The molecule has 47 nitrogen and oxygen atoms in total. The van der Waals surface area contributed by atoms with Crippen LogP contribution in [0.15, 0.2) is 36.8 Å². The van der Waals surface area contributed by atoms with Gasteiger partial charge in [0, 0.05) is 76.9 Å². The van der Waals surface area contributed by atoms with Crippen molar-refractivity contribution in [3.8, 4) is 54.1 Å². The summed E-state index contributed by atoms with van der Waals surface area (Å²) in [6.07, 6.45) is 22.8. The molecule has 0 radical (unpaired) electrons. The van der Waals surface area contributed by atoms with E-state index in [1.807, 2.05) is 4.90 Å². The molecule has 4 aromatic heterocycles. The number of esters is 2. The van der Waals surface area contributed by atoms with E-state index in [9.17, 15) is 38.7 Å². The van der Waals surface area contributed by atoms with E-state index in [4.69, 9.17) is 92.5 Å². The number of rotatable bonds is 17. The van der Waals surface area contributed by atoms with Crippen LogP contribution < -0.4 is 111 Å². The van der Waals surface area contributed by atoms with Crippen LogP contribution in [-0.4, -0.2) is 368 Å². The number of likely N-dealkylation sites (N-methyl/N-ethyl adjacent to an activating group) is 3. The minimum absolute atomic E-state index is 0. The number of carboxylic acids is 2. The molecule has 3 atom stereocenters. The summed E-state index contributed by atoms with van der Waals surface area (Å²) in [6, 6.07) is 0.0221. The van der Waals surface area contributed by atoms with E-state index in [0.29, 0.717) is 55.8 Å². The van der Waals surface area contributed by atoms with Gasteiger partial charge in [-0.3, -0.25) is 24.0 Å². The molecule has 0 spiro atoms. The molecule has 7 aliphatic heterocycles. The first kappa shape index (κ1) is 123. The molecular weight excluding hydrogens is 1820 g/mol. The molecule has 11 heterocycles. The average Bonchev–Trinajstić information content (AvgIpc) is 1.78. The third-order valence-corrected chi connectivity index (χ3v) is 19.4. The minimum atomic E-state index is -1.27. The largest absolute Gasteiger partial charge is 1.00 e. The van der Waals surface area contributed by atoms with Gasteiger partial charge in [-0.1, -0.05) is 56.8 Å². The third-order valence-electron chi connectivity index (χ3n) is 19.2. The number of carbonyl (C=O) groups is 7. The molecule has 0 bridgehead atoms. The number of methoxy groups -OCH3 is 8. The topological polar surface area (TPSA) is 541 Å². The number of nitrogens with zero attached hydrogens (tertiary/aromatic N) is 19. The summed E-state index contributed by atoms with van der Waals surface area (Å²) < 4.78 is 85.6. The van der Waals surface area contributed by atoms with E-state index in [0.717, 1.165) is 101 Å². The summed E-state index contributed by atoms with van der Waals surface area (Å²) >= 11 is 5.49. The van der Waals surface area contributed by atoms with Gasteiger partial charge in [-0.05, 0) is 140 Å². The Hall–Kier alpha value is -9.63. The van der Waals surface area contributed by atoms with Gasteiger partial charge in [-0.2, -0.15) is 19.9 Å². The normalized spacial score (nSPS) is 18.3. The van der Waals surface area contributed by atoms with Crippen molar-refractivity contribution >= 4 is 65.7 Å². The van der Waals surface area contributed by atoms with Gasteiger partial charge in [0.2, 0.25) is 11.2 Å². The Kier molecular flexibility index (Phi) is 59.6. The van der Waals surface area contributed by atoms with Gasteiger partial charge in [0.25, 0.3) is 0 Å². The van der Waals surface area contributed by atoms with E-state index in [1.165, 1.54) is 152 Å². The maximum absolute atomic E-state index is 12.4. The van der Waals surface area contributed by atoms with Gasteiger partial charge in [-0.25, -0.2) is 24.0 Å². The molecule has 0 aromatic carbocycles. The first-order chi connectivity index (χ1) is 62.6. The van der Waals surface area contributed by atoms with Gasteiger partial charge in [-0.15, -0.1) is 39.9 Å². The Morgan fingerprint density at radius 2 is 0.770 bits per heavy atom. The zero-order valence-corrected chi connectivity index (χ0v) is 86.2. The number of ether oxygens (including phenoxy) is 17. The van der Waals surface area contributed by atoms with Gasteiger partial charge in [0.05, 0.1) is 135 Å². The van der Waals surface area contributed by atoms with Gasteiger partial charge >= 0.3 is 126 Å². The quantitative estimate of drug-likeness (QED) is 0.0578. The fourth-order valence-electron chi connectivity index (χ4n) is 12.4. The van der Waals surface area contributed by atoms with Crippen LogP contribution in [0.1, 0.15) is 160 Å². The minimum Gasteiger partial charge on any atom is -1.00 e. The number of carboxylic acid groups (broad SMARTS) is 2. The van der Waals surface area contributed by atoms with Crippen molar-refractivity contribution in [3.63, 3.8) is 0 Å². The van der Waals surface area contributed by atoms with Crippen molar-refractivity contribution in [2.24, 2.45) is 0 Å². The van der Waals surface area contributed by atoms with Gasteiger partial charge in [0.15, 0.2) is 0 Å². The third kappa shape index (κ3) is 49.3. The Balaban J connectivity index is 0.000000765. The second kappa shape index (κ2) is 65.2. The molecule has 4 saturated heterocycles. The predicted molar refractivity (Wildman–Crippen MR) is 484 cm³/mol. The Morgan fingerprint density at radius 3 is 1.08 bits per heavy atom. The maximum atomic E-state index is 12.4. The van der Waals surface area contributed by atoms with Crippen LogP contribution in [0.25, 0.3) is 0 Å². The molecule has 3 amide bonds. The molecule has 13 rings (SSSR count). The number of amides is 3. The van der Waals surface area contributed by atoms with E-state index >= 15 is 0 Å². The first-order valence-electron chi connectivity index (χ1n) is 43.5. The summed E-state index contributed by atoms with van der Waals surface area (Å²) in [5.74, 6) is -2.01. The molecule has 50 heteroatoms. The molecule has 2 aliphatic carbocycles. The monoisotopic (exact) mass is 1970 g/mol. The fourth-order valence-corrected chi connectivity index (χ4v) is 12.6. The van der Waals surface area contributed by atoms with Crippen LogP contribution in [0.5, 0.6) is 54.1 Å². The Labute approximate surface area is 825 Å². The van der Waals surface area contributed by atoms with Crippen LogP contribution in [0.2, 0.25) is 5.28 Å². The zero-order chi connectivity index (χ0) is 98.0. The average molecular weight is 1970 g/mol. The number of halogens is 2.